The lowest BCUT2D eigenvalue weighted by atomic mass is 10.4. The van der Waals surface area contributed by atoms with Crippen LogP contribution in [0.1, 0.15) is 32.6 Å². The summed E-state index contributed by atoms with van der Waals surface area (Å²) < 4.78 is 5.68. The Morgan fingerprint density at radius 1 is 1.40 bits per heavy atom. The van der Waals surface area contributed by atoms with E-state index >= 15 is 0 Å². The Hall–Kier alpha value is 0.177. The van der Waals surface area contributed by atoms with Gasteiger partial charge < -0.3 is 4.43 Å². The Labute approximate surface area is 65.5 Å². The van der Waals surface area contributed by atoms with Crippen molar-refractivity contribution in [2.45, 2.75) is 44.7 Å². The minimum atomic E-state index is -0.311. The quantitative estimate of drug-likeness (QED) is 0.572. The van der Waals surface area contributed by atoms with Crippen LogP contribution in [0.3, 0.4) is 0 Å². The van der Waals surface area contributed by atoms with E-state index in [1.807, 2.05) is 0 Å². The van der Waals surface area contributed by atoms with Gasteiger partial charge in [-0.2, -0.15) is 0 Å². The lowest BCUT2D eigenvalue weighted by molar-refractivity contribution is 0.286. The lowest BCUT2D eigenvalue weighted by Gasteiger charge is -2.19. The normalized spacial score (nSPS) is 21.3. The molecule has 10 heavy (non-hydrogen) atoms. The second-order valence-corrected chi connectivity index (χ2v) is 5.31. The molecule has 59 valence electrons. The molecule has 1 aliphatic rings. The summed E-state index contributed by atoms with van der Waals surface area (Å²) in [6.45, 7) is 3.31. The second-order valence-electron chi connectivity index (χ2n) is 2.95. The third-order valence-corrected chi connectivity index (χ3v) is 4.40. The molecule has 1 radical (unpaired) electrons. The first-order valence-electron chi connectivity index (χ1n) is 4.41. The van der Waals surface area contributed by atoms with E-state index < -0.39 is 0 Å². The molecule has 0 unspecified atom stereocenters. The van der Waals surface area contributed by atoms with Crippen LogP contribution in [0.5, 0.6) is 0 Å². The monoisotopic (exact) mass is 157 g/mol. The molecule has 1 fully saturated rings. The van der Waals surface area contributed by atoms with Crippen LogP contribution in [0, 0.1) is 0 Å². The number of rotatable bonds is 3. The van der Waals surface area contributed by atoms with Crippen LogP contribution in [0.15, 0.2) is 0 Å². The van der Waals surface area contributed by atoms with Gasteiger partial charge in [0.1, 0.15) is 0 Å². The van der Waals surface area contributed by atoms with Gasteiger partial charge in [0.2, 0.25) is 9.04 Å². The first-order valence-corrected chi connectivity index (χ1v) is 6.23. The zero-order chi connectivity index (χ0) is 7.23. The minimum Gasteiger partial charge on any atom is -0.417 e. The highest BCUT2D eigenvalue weighted by molar-refractivity contribution is 6.51. The number of hydrogen-bond donors (Lipinski definition) is 0. The average molecular weight is 157 g/mol. The fourth-order valence-corrected chi connectivity index (χ4v) is 3.65. The summed E-state index contributed by atoms with van der Waals surface area (Å²) in [5.74, 6) is 0. The van der Waals surface area contributed by atoms with Crippen molar-refractivity contribution in [3.8, 4) is 0 Å². The molecule has 0 atom stereocenters. The summed E-state index contributed by atoms with van der Waals surface area (Å²) in [4.78, 5) is 0. The molecule has 0 aliphatic carbocycles. The predicted molar refractivity (Wildman–Crippen MR) is 45.5 cm³/mol. The molecule has 2 heteroatoms. The van der Waals surface area contributed by atoms with Crippen LogP contribution in [0.2, 0.25) is 12.1 Å². The van der Waals surface area contributed by atoms with Crippen molar-refractivity contribution in [2.75, 3.05) is 6.61 Å². The van der Waals surface area contributed by atoms with Crippen molar-refractivity contribution in [1.82, 2.24) is 0 Å². The summed E-state index contributed by atoms with van der Waals surface area (Å²) in [5.41, 5.74) is 0. The first-order chi connectivity index (χ1) is 4.93. The fourth-order valence-electron chi connectivity index (χ4n) is 1.28. The molecule has 0 amide bonds. The van der Waals surface area contributed by atoms with E-state index in [-0.39, 0.29) is 9.04 Å². The molecular weight excluding hydrogens is 140 g/mol. The topological polar surface area (TPSA) is 9.23 Å². The maximum atomic E-state index is 5.68. The van der Waals surface area contributed by atoms with E-state index in [1.54, 1.807) is 0 Å². The molecule has 0 spiro atoms. The van der Waals surface area contributed by atoms with E-state index in [1.165, 1.54) is 37.8 Å². The Kier molecular flexibility index (Phi) is 4.06. The van der Waals surface area contributed by atoms with Gasteiger partial charge >= 0.3 is 0 Å². The van der Waals surface area contributed by atoms with Gasteiger partial charge in [-0.15, -0.1) is 0 Å². The van der Waals surface area contributed by atoms with Crippen molar-refractivity contribution in [1.29, 1.82) is 0 Å². The van der Waals surface area contributed by atoms with Gasteiger partial charge in [0.25, 0.3) is 0 Å². The van der Waals surface area contributed by atoms with Crippen LogP contribution in [0.25, 0.3) is 0 Å². The van der Waals surface area contributed by atoms with Crippen molar-refractivity contribution in [3.63, 3.8) is 0 Å². The van der Waals surface area contributed by atoms with Gasteiger partial charge in [-0.1, -0.05) is 26.2 Å². The smallest absolute Gasteiger partial charge is 0.211 e. The van der Waals surface area contributed by atoms with Gasteiger partial charge in [0.05, 0.1) is 0 Å². The Balaban J connectivity index is 2.02. The Morgan fingerprint density at radius 2 is 2.30 bits per heavy atom. The molecule has 1 heterocycles. The van der Waals surface area contributed by atoms with Crippen LogP contribution in [-0.4, -0.2) is 15.6 Å². The third-order valence-electron chi connectivity index (χ3n) is 1.97. The molecule has 1 rings (SSSR count). The van der Waals surface area contributed by atoms with Crippen molar-refractivity contribution < 1.29 is 4.43 Å². The second kappa shape index (κ2) is 4.91. The molecule has 0 aromatic carbocycles. The van der Waals surface area contributed by atoms with Gasteiger partial charge in [0.15, 0.2) is 0 Å². The maximum Gasteiger partial charge on any atom is 0.211 e. The summed E-state index contributed by atoms with van der Waals surface area (Å²) in [6, 6.07) is 2.80. The molecule has 0 aromatic rings. The van der Waals surface area contributed by atoms with Crippen molar-refractivity contribution in [3.05, 3.63) is 0 Å². The van der Waals surface area contributed by atoms with Gasteiger partial charge in [-0.3, -0.25) is 0 Å². The summed E-state index contributed by atoms with van der Waals surface area (Å²) >= 11 is 0. The maximum absolute atomic E-state index is 5.68. The van der Waals surface area contributed by atoms with Crippen LogP contribution in [-0.2, 0) is 4.43 Å². The number of hydrogen-bond acceptors (Lipinski definition) is 1. The van der Waals surface area contributed by atoms with Crippen LogP contribution < -0.4 is 0 Å². The molecule has 0 aromatic heterocycles. The SMILES string of the molecule is CCCC[Si]1CCCCO1. The van der Waals surface area contributed by atoms with E-state index in [9.17, 15) is 0 Å². The molecule has 0 N–H and O–H groups in total. The molecule has 1 nitrogen and oxygen atoms in total. The predicted octanol–water partition coefficient (Wildman–Crippen LogP) is 2.59. The molecular formula is C8H17OSi. The fraction of sp³-hybridized carbons (Fsp3) is 1.00. The highest BCUT2D eigenvalue weighted by Crippen LogP contribution is 2.15. The van der Waals surface area contributed by atoms with E-state index in [0.717, 1.165) is 6.61 Å². The highest BCUT2D eigenvalue weighted by Gasteiger charge is 2.15. The molecule has 0 bridgehead atoms. The zero-order valence-corrected chi connectivity index (χ0v) is 7.86. The van der Waals surface area contributed by atoms with Gasteiger partial charge in [-0.05, 0) is 18.5 Å². The lowest BCUT2D eigenvalue weighted by Crippen LogP contribution is -2.22. The standard InChI is InChI=1S/C8H17OSi/c1-2-3-7-10-8-5-4-6-9-10/h2-8H2,1H3. The molecule has 1 aliphatic heterocycles. The van der Waals surface area contributed by atoms with Gasteiger partial charge in [-0.25, -0.2) is 0 Å². The van der Waals surface area contributed by atoms with Gasteiger partial charge in [0, 0.05) is 6.61 Å². The average Bonchev–Trinajstić information content (AvgIpc) is 2.03. The van der Waals surface area contributed by atoms with E-state index in [4.69, 9.17) is 4.43 Å². The van der Waals surface area contributed by atoms with E-state index in [0.29, 0.717) is 0 Å². The third kappa shape index (κ3) is 2.84. The minimum absolute atomic E-state index is 0.311. The van der Waals surface area contributed by atoms with Crippen molar-refractivity contribution in [2.24, 2.45) is 0 Å². The Morgan fingerprint density at radius 3 is 2.90 bits per heavy atom. The summed E-state index contributed by atoms with van der Waals surface area (Å²) in [7, 11) is -0.311. The van der Waals surface area contributed by atoms with E-state index in [2.05, 4.69) is 6.92 Å². The first kappa shape index (κ1) is 8.28. The summed E-state index contributed by atoms with van der Waals surface area (Å²) in [5, 5.41) is 0. The van der Waals surface area contributed by atoms with Crippen molar-refractivity contribution >= 4 is 9.04 Å². The summed E-state index contributed by atoms with van der Waals surface area (Å²) in [6.07, 6.45) is 5.45. The highest BCUT2D eigenvalue weighted by atomic mass is 28.3. The van der Waals surface area contributed by atoms with Crippen LogP contribution in [0.4, 0.5) is 0 Å². The molecule has 0 saturated carbocycles. The zero-order valence-electron chi connectivity index (χ0n) is 6.86. The van der Waals surface area contributed by atoms with Crippen LogP contribution >= 0.6 is 0 Å². The molecule has 1 saturated heterocycles. The largest absolute Gasteiger partial charge is 0.417 e. The number of unbranched alkanes of at least 4 members (excludes halogenated alkanes) is 1. The Bertz CT molecular complexity index is 79.3.